The number of amides is 1. The van der Waals surface area contributed by atoms with Gasteiger partial charge in [-0.2, -0.15) is 0 Å². The van der Waals surface area contributed by atoms with E-state index in [4.69, 9.17) is 14.6 Å². The van der Waals surface area contributed by atoms with E-state index in [0.717, 1.165) is 0 Å². The van der Waals surface area contributed by atoms with Gasteiger partial charge in [0.05, 0.1) is 19.8 Å². The molecule has 0 fully saturated rings. The second kappa shape index (κ2) is 8.12. The van der Waals surface area contributed by atoms with Crippen LogP contribution in [-0.2, 0) is 9.47 Å². The van der Waals surface area contributed by atoms with Gasteiger partial charge in [0, 0.05) is 19.2 Å². The fourth-order valence-corrected chi connectivity index (χ4v) is 1.36. The molecule has 0 aliphatic heterocycles. The Morgan fingerprint density at radius 3 is 2.32 bits per heavy atom. The van der Waals surface area contributed by atoms with Crippen LogP contribution in [0, 0.1) is 0 Å². The molecule has 0 atom stereocenters. The Morgan fingerprint density at radius 1 is 1.37 bits per heavy atom. The fraction of sp³-hybridized carbons (Fsp3) is 0.769. The van der Waals surface area contributed by atoms with Crippen LogP contribution in [0.4, 0.5) is 9.18 Å². The topological polar surface area (TPSA) is 59.0 Å². The third-order valence-electron chi connectivity index (χ3n) is 2.26. The maximum Gasteiger partial charge on any atom is 0.410 e. The maximum atomic E-state index is 13.5. The van der Waals surface area contributed by atoms with E-state index in [2.05, 4.69) is 0 Å². The molecule has 0 radical (unpaired) electrons. The summed E-state index contributed by atoms with van der Waals surface area (Å²) in [6.07, 6.45) is -0.519. The molecule has 5 nitrogen and oxygen atoms in total. The van der Waals surface area contributed by atoms with E-state index in [1.807, 2.05) is 0 Å². The molecular weight excluding hydrogens is 253 g/mol. The molecule has 0 heterocycles. The van der Waals surface area contributed by atoms with Crippen molar-refractivity contribution in [2.45, 2.75) is 33.3 Å². The molecular formula is C13H24FNO4. The summed E-state index contributed by atoms with van der Waals surface area (Å²) in [5.74, 6) is -0.677. The summed E-state index contributed by atoms with van der Waals surface area (Å²) in [6.45, 7) is 6.78. The predicted molar refractivity (Wildman–Crippen MR) is 70.6 cm³/mol. The molecule has 6 heteroatoms. The van der Waals surface area contributed by atoms with Crippen LogP contribution in [0.3, 0.4) is 0 Å². The first kappa shape index (κ1) is 17.9. The summed E-state index contributed by atoms with van der Waals surface area (Å²) in [7, 11) is 1.43. The van der Waals surface area contributed by atoms with E-state index in [9.17, 15) is 9.18 Å². The minimum absolute atomic E-state index is 0.0195. The minimum Gasteiger partial charge on any atom is -0.444 e. The van der Waals surface area contributed by atoms with E-state index in [-0.39, 0.29) is 18.7 Å². The van der Waals surface area contributed by atoms with E-state index in [0.29, 0.717) is 6.54 Å². The Bertz CT molecular complexity index is 323. The zero-order chi connectivity index (χ0) is 15.1. The highest BCUT2D eigenvalue weighted by Gasteiger charge is 2.22. The number of carbonyl (C=O) groups is 1. The Labute approximate surface area is 114 Å². The summed E-state index contributed by atoms with van der Waals surface area (Å²) in [5, 5.41) is 8.82. The number of aliphatic hydroxyl groups is 1. The van der Waals surface area contributed by atoms with Gasteiger partial charge in [0.2, 0.25) is 0 Å². The van der Waals surface area contributed by atoms with Crippen LogP contribution in [0.25, 0.3) is 0 Å². The molecule has 0 aromatic carbocycles. The lowest BCUT2D eigenvalue weighted by Crippen LogP contribution is -2.38. The predicted octanol–water partition coefficient (Wildman–Crippen LogP) is 2.11. The lowest BCUT2D eigenvalue weighted by Gasteiger charge is -2.27. The van der Waals surface area contributed by atoms with Gasteiger partial charge in [-0.1, -0.05) is 0 Å². The molecule has 0 aromatic rings. The quantitative estimate of drug-likeness (QED) is 0.807. The van der Waals surface area contributed by atoms with Crippen molar-refractivity contribution in [1.82, 2.24) is 4.90 Å². The van der Waals surface area contributed by atoms with Crippen LogP contribution in [0.2, 0.25) is 0 Å². The largest absolute Gasteiger partial charge is 0.444 e. The Balaban J connectivity index is 4.82. The van der Waals surface area contributed by atoms with Gasteiger partial charge in [-0.3, -0.25) is 0 Å². The summed E-state index contributed by atoms with van der Waals surface area (Å²) < 4.78 is 23.5. The number of methoxy groups -OCH3 is 1. The zero-order valence-corrected chi connectivity index (χ0v) is 12.3. The number of rotatable bonds is 6. The van der Waals surface area contributed by atoms with Gasteiger partial charge in [-0.15, -0.1) is 0 Å². The minimum atomic E-state index is -0.704. The van der Waals surface area contributed by atoms with Crippen molar-refractivity contribution in [3.63, 3.8) is 0 Å². The van der Waals surface area contributed by atoms with Gasteiger partial charge in [-0.25, -0.2) is 9.18 Å². The average Bonchev–Trinajstić information content (AvgIpc) is 2.31. The third kappa shape index (κ3) is 7.12. The molecule has 1 amide bonds. The number of halogens is 1. The average molecular weight is 277 g/mol. The summed E-state index contributed by atoms with van der Waals surface area (Å²) in [6, 6.07) is 0. The van der Waals surface area contributed by atoms with Gasteiger partial charge < -0.3 is 19.5 Å². The Hall–Kier alpha value is -1.14. The van der Waals surface area contributed by atoms with Gasteiger partial charge in [0.1, 0.15) is 11.4 Å². The highest BCUT2D eigenvalue weighted by Crippen LogP contribution is 2.13. The monoisotopic (exact) mass is 277 g/mol. The number of aliphatic hydroxyl groups excluding tert-OH is 1. The van der Waals surface area contributed by atoms with Gasteiger partial charge in [0.25, 0.3) is 0 Å². The molecule has 0 aliphatic rings. The number of ether oxygens (including phenoxy) is 2. The van der Waals surface area contributed by atoms with Gasteiger partial charge in [0.15, 0.2) is 0 Å². The molecule has 0 rings (SSSR count). The highest BCUT2D eigenvalue weighted by molar-refractivity contribution is 5.68. The fourth-order valence-electron chi connectivity index (χ4n) is 1.36. The molecule has 0 unspecified atom stereocenters. The first-order valence-electron chi connectivity index (χ1n) is 6.19. The van der Waals surface area contributed by atoms with E-state index < -0.39 is 24.1 Å². The highest BCUT2D eigenvalue weighted by atomic mass is 19.1. The lowest BCUT2D eigenvalue weighted by molar-refractivity contribution is 0.0269. The standard InChI is InChI=1S/C13H24FNO4/c1-6-15(12(17)19-13(2,3)4)7-10(9-18-5)11(14)8-16/h16H,6-9H2,1-5H3/b11-10+. The first-order chi connectivity index (χ1) is 8.75. The van der Waals surface area contributed by atoms with Crippen LogP contribution in [0.5, 0.6) is 0 Å². The van der Waals surface area contributed by atoms with Gasteiger partial charge in [-0.05, 0) is 27.7 Å². The van der Waals surface area contributed by atoms with Gasteiger partial charge >= 0.3 is 6.09 Å². The van der Waals surface area contributed by atoms with E-state index in [1.165, 1.54) is 12.0 Å². The lowest BCUT2D eigenvalue weighted by atomic mass is 10.2. The first-order valence-corrected chi connectivity index (χ1v) is 6.19. The number of carbonyl (C=O) groups excluding carboxylic acids is 1. The molecule has 1 N–H and O–H groups in total. The van der Waals surface area contributed by atoms with Crippen LogP contribution >= 0.6 is 0 Å². The third-order valence-corrected chi connectivity index (χ3v) is 2.26. The molecule has 0 bridgehead atoms. The van der Waals surface area contributed by atoms with Crippen molar-refractivity contribution in [2.75, 3.05) is 33.4 Å². The zero-order valence-electron chi connectivity index (χ0n) is 12.3. The van der Waals surface area contributed by atoms with Crippen LogP contribution in [0.1, 0.15) is 27.7 Å². The molecule has 0 aliphatic carbocycles. The molecule has 0 spiro atoms. The Morgan fingerprint density at radius 2 is 1.95 bits per heavy atom. The normalized spacial score (nSPS) is 13.0. The van der Waals surface area contributed by atoms with Crippen molar-refractivity contribution in [1.29, 1.82) is 0 Å². The molecule has 0 saturated carbocycles. The van der Waals surface area contributed by atoms with Crippen LogP contribution < -0.4 is 0 Å². The van der Waals surface area contributed by atoms with Crippen molar-refractivity contribution >= 4 is 6.09 Å². The molecule has 0 saturated heterocycles. The van der Waals surface area contributed by atoms with E-state index in [1.54, 1.807) is 27.7 Å². The van der Waals surface area contributed by atoms with Crippen molar-refractivity contribution in [3.05, 3.63) is 11.4 Å². The van der Waals surface area contributed by atoms with Crippen molar-refractivity contribution in [3.8, 4) is 0 Å². The SMILES string of the molecule is CCN(C/C(COC)=C(\F)CO)C(=O)OC(C)(C)C. The number of hydrogen-bond donors (Lipinski definition) is 1. The summed E-state index contributed by atoms with van der Waals surface area (Å²) in [4.78, 5) is 13.3. The second-order valence-corrected chi connectivity index (χ2v) is 5.09. The number of nitrogens with zero attached hydrogens (tertiary/aromatic N) is 1. The van der Waals surface area contributed by atoms with E-state index >= 15 is 0 Å². The van der Waals surface area contributed by atoms with Crippen molar-refractivity contribution < 1.29 is 23.8 Å². The summed E-state index contributed by atoms with van der Waals surface area (Å²) in [5.41, 5.74) is -0.372. The molecule has 0 aromatic heterocycles. The number of hydrogen-bond acceptors (Lipinski definition) is 4. The smallest absolute Gasteiger partial charge is 0.410 e. The van der Waals surface area contributed by atoms with Crippen LogP contribution in [-0.4, -0.2) is 55.1 Å². The number of likely N-dealkylation sites (N-methyl/N-ethyl adjacent to an activating group) is 1. The van der Waals surface area contributed by atoms with Crippen molar-refractivity contribution in [2.24, 2.45) is 0 Å². The molecule has 112 valence electrons. The Kier molecular flexibility index (Phi) is 7.63. The second-order valence-electron chi connectivity index (χ2n) is 5.09. The molecule has 19 heavy (non-hydrogen) atoms. The van der Waals surface area contributed by atoms with Crippen LogP contribution in [0.15, 0.2) is 11.4 Å². The summed E-state index contributed by atoms with van der Waals surface area (Å²) >= 11 is 0. The maximum absolute atomic E-state index is 13.5.